The molecule has 0 amide bonds. The van der Waals surface area contributed by atoms with E-state index in [0.717, 1.165) is 0 Å². The third-order valence-electron chi connectivity index (χ3n) is 5.74. The lowest BCUT2D eigenvalue weighted by atomic mass is 9.99. The second-order valence-corrected chi connectivity index (χ2v) is 14.1. The highest BCUT2D eigenvalue weighted by atomic mass is 28.4. The van der Waals surface area contributed by atoms with Crippen molar-refractivity contribution in [3.05, 3.63) is 64.7 Å². The second-order valence-electron chi connectivity index (χ2n) is 9.30. The minimum Gasteiger partial charge on any atom is -0.488 e. The van der Waals surface area contributed by atoms with Crippen LogP contribution in [0.5, 0.6) is 5.75 Å². The first kappa shape index (κ1) is 27.2. The number of hydrogen-bond donors (Lipinski definition) is 1. The van der Waals surface area contributed by atoms with E-state index in [2.05, 4.69) is 0 Å². The van der Waals surface area contributed by atoms with Crippen LogP contribution in [0.3, 0.4) is 0 Å². The van der Waals surface area contributed by atoms with Gasteiger partial charge in [-0.1, -0.05) is 51.1 Å². The summed E-state index contributed by atoms with van der Waals surface area (Å²) in [6.07, 6.45) is -11.9. The summed E-state index contributed by atoms with van der Waals surface area (Å²) < 4.78 is 92.7. The zero-order valence-corrected chi connectivity index (χ0v) is 20.1. The maximum Gasteiger partial charge on any atom is 0.419 e. The molecule has 0 spiro atoms. The lowest BCUT2D eigenvalue weighted by Crippen LogP contribution is -2.41. The van der Waals surface area contributed by atoms with Gasteiger partial charge in [0.25, 0.3) is 0 Å². The van der Waals surface area contributed by atoms with E-state index in [1.165, 1.54) is 0 Å². The zero-order chi connectivity index (χ0) is 25.2. The molecule has 33 heavy (non-hydrogen) atoms. The smallest absolute Gasteiger partial charge is 0.419 e. The Labute approximate surface area is 190 Å². The molecule has 0 bridgehead atoms. The van der Waals surface area contributed by atoms with E-state index >= 15 is 0 Å². The Balaban J connectivity index is 2.54. The molecule has 1 N–H and O–H groups in total. The van der Waals surface area contributed by atoms with Gasteiger partial charge in [0.15, 0.2) is 8.32 Å². The number of hydrogen-bond acceptors (Lipinski definition) is 3. The summed E-state index contributed by atoms with van der Waals surface area (Å²) in [5, 5.41) is 10.4. The molecule has 0 saturated carbocycles. The van der Waals surface area contributed by atoms with Crippen molar-refractivity contribution in [1.29, 1.82) is 0 Å². The molecule has 0 aliphatic carbocycles. The lowest BCUT2D eigenvalue weighted by molar-refractivity contribution is -0.144. The molecule has 2 aromatic rings. The maximum atomic E-state index is 13.8. The minimum absolute atomic E-state index is 0.00520. The number of alkyl halides is 6. The molecule has 0 aromatic heterocycles. The van der Waals surface area contributed by atoms with Crippen LogP contribution in [0.1, 0.15) is 49.1 Å². The van der Waals surface area contributed by atoms with Crippen molar-refractivity contribution in [3.63, 3.8) is 0 Å². The van der Waals surface area contributed by atoms with E-state index in [9.17, 15) is 31.4 Å². The van der Waals surface area contributed by atoms with Crippen LogP contribution >= 0.6 is 0 Å². The van der Waals surface area contributed by atoms with E-state index in [1.807, 2.05) is 33.9 Å². The van der Waals surface area contributed by atoms with Crippen molar-refractivity contribution in [1.82, 2.24) is 0 Å². The molecule has 0 saturated heterocycles. The van der Waals surface area contributed by atoms with E-state index < -0.39 is 55.8 Å². The first-order valence-corrected chi connectivity index (χ1v) is 13.2. The first-order valence-electron chi connectivity index (χ1n) is 10.2. The molecule has 1 atom stereocenters. The molecule has 0 aliphatic heterocycles. The number of aliphatic hydroxyl groups excluding tert-OH is 1. The van der Waals surface area contributed by atoms with Gasteiger partial charge in [-0.05, 0) is 35.8 Å². The van der Waals surface area contributed by atoms with Gasteiger partial charge >= 0.3 is 12.4 Å². The van der Waals surface area contributed by atoms with Crippen LogP contribution in [0.2, 0.25) is 18.1 Å². The Hall–Kier alpha value is -2.04. The normalized spacial score (nSPS) is 14.3. The standard InChI is InChI=1S/C23H28F6O3Si/c1-21(2,3)33(4,5)32-14-19(30)17-11-16(22(24,25)26)12-18(23(27,28)29)20(17)31-13-15-9-7-6-8-10-15/h6-12,19,30H,13-14H2,1-5H3. The fourth-order valence-electron chi connectivity index (χ4n) is 2.76. The molecule has 184 valence electrons. The Bertz CT molecular complexity index is 934. The fourth-order valence-corrected chi connectivity index (χ4v) is 3.76. The van der Waals surface area contributed by atoms with Gasteiger partial charge in [0.2, 0.25) is 0 Å². The number of halogens is 6. The van der Waals surface area contributed by atoms with Gasteiger partial charge in [-0.15, -0.1) is 0 Å². The summed E-state index contributed by atoms with van der Waals surface area (Å²) >= 11 is 0. The van der Waals surface area contributed by atoms with Gasteiger partial charge in [0, 0.05) is 5.56 Å². The van der Waals surface area contributed by atoms with E-state index in [-0.39, 0.29) is 17.7 Å². The monoisotopic (exact) mass is 494 g/mol. The summed E-state index contributed by atoms with van der Waals surface area (Å²) in [7, 11) is -2.43. The summed E-state index contributed by atoms with van der Waals surface area (Å²) in [4.78, 5) is 0. The Morgan fingerprint density at radius 2 is 1.48 bits per heavy atom. The van der Waals surface area contributed by atoms with E-state index in [4.69, 9.17) is 9.16 Å². The Morgan fingerprint density at radius 1 is 0.909 bits per heavy atom. The van der Waals surface area contributed by atoms with Gasteiger partial charge < -0.3 is 14.3 Å². The average Bonchev–Trinajstić information content (AvgIpc) is 2.68. The van der Waals surface area contributed by atoms with Gasteiger partial charge in [-0.3, -0.25) is 0 Å². The second kappa shape index (κ2) is 9.67. The van der Waals surface area contributed by atoms with Crippen molar-refractivity contribution in [2.75, 3.05) is 6.61 Å². The average molecular weight is 495 g/mol. The highest BCUT2D eigenvalue weighted by Gasteiger charge is 2.42. The van der Waals surface area contributed by atoms with Crippen LogP contribution in [0.25, 0.3) is 0 Å². The number of rotatable bonds is 7. The van der Waals surface area contributed by atoms with Crippen LogP contribution in [-0.2, 0) is 23.4 Å². The summed E-state index contributed by atoms with van der Waals surface area (Å²) in [5.41, 5.74) is -3.23. The summed E-state index contributed by atoms with van der Waals surface area (Å²) in [5.74, 6) is -0.842. The molecule has 2 rings (SSSR count). The van der Waals surface area contributed by atoms with Crippen LogP contribution in [-0.4, -0.2) is 20.0 Å². The summed E-state index contributed by atoms with van der Waals surface area (Å²) in [6, 6.07) is 8.72. The van der Waals surface area contributed by atoms with Crippen LogP contribution in [0.15, 0.2) is 42.5 Å². The quantitative estimate of drug-likeness (QED) is 0.323. The molecule has 1 unspecified atom stereocenters. The molecule has 0 aliphatic rings. The topological polar surface area (TPSA) is 38.7 Å². The van der Waals surface area contributed by atoms with E-state index in [0.29, 0.717) is 11.6 Å². The summed E-state index contributed by atoms with van der Waals surface area (Å²) in [6.45, 7) is 8.71. The number of aliphatic hydroxyl groups is 1. The predicted octanol–water partition coefficient (Wildman–Crippen LogP) is 7.36. The number of ether oxygens (including phenoxy) is 1. The molecule has 2 aromatic carbocycles. The first-order chi connectivity index (χ1) is 14.9. The van der Waals surface area contributed by atoms with Gasteiger partial charge in [0.1, 0.15) is 18.5 Å². The molecular weight excluding hydrogens is 466 g/mol. The van der Waals surface area contributed by atoms with Gasteiger partial charge in [-0.2, -0.15) is 26.3 Å². The van der Waals surface area contributed by atoms with Crippen molar-refractivity contribution in [2.24, 2.45) is 0 Å². The lowest BCUT2D eigenvalue weighted by Gasteiger charge is -2.37. The highest BCUT2D eigenvalue weighted by molar-refractivity contribution is 6.74. The van der Waals surface area contributed by atoms with Crippen LogP contribution in [0, 0.1) is 0 Å². The third-order valence-corrected chi connectivity index (χ3v) is 10.2. The molecule has 0 fully saturated rings. The molecule has 3 nitrogen and oxygen atoms in total. The van der Waals surface area contributed by atoms with Gasteiger partial charge in [0.05, 0.1) is 17.7 Å². The number of benzene rings is 2. The fraction of sp³-hybridized carbons (Fsp3) is 0.478. The van der Waals surface area contributed by atoms with Crippen molar-refractivity contribution < 1.29 is 40.6 Å². The minimum atomic E-state index is -5.14. The van der Waals surface area contributed by atoms with E-state index in [1.54, 1.807) is 30.3 Å². The molecule has 0 radical (unpaired) electrons. The zero-order valence-electron chi connectivity index (χ0n) is 19.1. The third kappa shape index (κ3) is 6.97. The maximum absolute atomic E-state index is 13.8. The Kier molecular flexibility index (Phi) is 7.97. The van der Waals surface area contributed by atoms with Crippen molar-refractivity contribution in [2.45, 2.75) is 64.0 Å². The van der Waals surface area contributed by atoms with Crippen LogP contribution in [0.4, 0.5) is 26.3 Å². The van der Waals surface area contributed by atoms with Crippen molar-refractivity contribution >= 4 is 8.32 Å². The van der Waals surface area contributed by atoms with Crippen LogP contribution < -0.4 is 4.74 Å². The Morgan fingerprint density at radius 3 is 1.97 bits per heavy atom. The molecule has 0 heterocycles. The van der Waals surface area contributed by atoms with Gasteiger partial charge in [-0.25, -0.2) is 0 Å². The SMILES string of the molecule is CC(C)(C)[Si](C)(C)OCC(O)c1cc(C(F)(F)F)cc(C(F)(F)F)c1OCc1ccccc1. The highest BCUT2D eigenvalue weighted by Crippen LogP contribution is 2.45. The largest absolute Gasteiger partial charge is 0.488 e. The molecular formula is C23H28F6O3Si. The van der Waals surface area contributed by atoms with Crippen molar-refractivity contribution in [3.8, 4) is 5.75 Å². The molecule has 10 heteroatoms. The predicted molar refractivity (Wildman–Crippen MR) is 115 cm³/mol.